The van der Waals surface area contributed by atoms with Crippen LogP contribution < -0.4 is 5.32 Å². The maximum Gasteiger partial charge on any atom is 0.355 e. The van der Waals surface area contributed by atoms with Crippen molar-refractivity contribution in [2.45, 2.75) is 33.7 Å². The first-order chi connectivity index (χ1) is 13.0. The van der Waals surface area contributed by atoms with Gasteiger partial charge in [-0.3, -0.25) is 4.79 Å². The number of nitrogens with zero attached hydrogens (tertiary/aromatic N) is 1. The summed E-state index contributed by atoms with van der Waals surface area (Å²) in [7, 11) is 0. The average molecular weight is 367 g/mol. The largest absolute Gasteiger partial charge is 0.461 e. The summed E-state index contributed by atoms with van der Waals surface area (Å²) in [5, 5.41) is 4.17. The first-order valence-corrected chi connectivity index (χ1v) is 9.21. The van der Waals surface area contributed by atoms with Gasteiger partial charge in [0.2, 0.25) is 0 Å². The quantitative estimate of drug-likeness (QED) is 0.495. The third-order valence-electron chi connectivity index (χ3n) is 4.69. The fraction of sp³-hybridized carbons (Fsp3) is 0.333. The molecule has 6 nitrogen and oxygen atoms in total. The van der Waals surface area contributed by atoms with E-state index in [0.717, 1.165) is 13.0 Å². The number of benzene rings is 1. The standard InChI is InChI=1S/C21H25N3O3/c1-4-27-21(26)19-14(2)18(15(3)23-19)20(25)22-11-7-12-24-13-10-16-8-5-6-9-17(16)24/h5-6,8-10,13,23H,4,7,11-12H2,1-3H3,(H,22,25). The molecule has 2 N–H and O–H groups in total. The molecule has 0 fully saturated rings. The van der Waals surface area contributed by atoms with Crippen molar-refractivity contribution in [2.75, 3.05) is 13.2 Å². The molecule has 0 aliphatic heterocycles. The van der Waals surface area contributed by atoms with Crippen molar-refractivity contribution in [3.63, 3.8) is 0 Å². The van der Waals surface area contributed by atoms with E-state index >= 15 is 0 Å². The van der Waals surface area contributed by atoms with Crippen molar-refractivity contribution in [3.8, 4) is 0 Å². The molecular formula is C21H25N3O3. The van der Waals surface area contributed by atoms with Crippen LogP contribution in [0.25, 0.3) is 10.9 Å². The van der Waals surface area contributed by atoms with Crippen LogP contribution in [0.5, 0.6) is 0 Å². The molecule has 0 aliphatic carbocycles. The molecule has 27 heavy (non-hydrogen) atoms. The summed E-state index contributed by atoms with van der Waals surface area (Å²) in [6.07, 6.45) is 2.89. The molecule has 2 heterocycles. The summed E-state index contributed by atoms with van der Waals surface area (Å²) in [4.78, 5) is 27.5. The van der Waals surface area contributed by atoms with Gasteiger partial charge >= 0.3 is 5.97 Å². The molecule has 1 aromatic carbocycles. The van der Waals surface area contributed by atoms with Gasteiger partial charge in [-0.25, -0.2) is 4.79 Å². The zero-order valence-corrected chi connectivity index (χ0v) is 16.0. The maximum absolute atomic E-state index is 12.6. The second-order valence-electron chi connectivity index (χ2n) is 6.52. The minimum atomic E-state index is -0.434. The Morgan fingerprint density at radius 1 is 1.19 bits per heavy atom. The molecule has 0 radical (unpaired) electrons. The van der Waals surface area contributed by atoms with Gasteiger partial charge in [-0.2, -0.15) is 0 Å². The first-order valence-electron chi connectivity index (χ1n) is 9.21. The number of ether oxygens (including phenoxy) is 1. The number of H-pyrrole nitrogens is 1. The van der Waals surface area contributed by atoms with Crippen LogP contribution in [0.3, 0.4) is 0 Å². The van der Waals surface area contributed by atoms with E-state index in [4.69, 9.17) is 4.74 Å². The van der Waals surface area contributed by atoms with E-state index in [1.54, 1.807) is 20.8 Å². The van der Waals surface area contributed by atoms with Crippen LogP contribution in [0, 0.1) is 13.8 Å². The highest BCUT2D eigenvalue weighted by atomic mass is 16.5. The summed E-state index contributed by atoms with van der Waals surface area (Å²) in [5.41, 5.74) is 3.35. The van der Waals surface area contributed by atoms with Gasteiger partial charge in [-0.1, -0.05) is 18.2 Å². The van der Waals surface area contributed by atoms with E-state index in [9.17, 15) is 9.59 Å². The van der Waals surface area contributed by atoms with Crippen molar-refractivity contribution in [1.82, 2.24) is 14.9 Å². The van der Waals surface area contributed by atoms with Gasteiger partial charge in [0.25, 0.3) is 5.91 Å². The Morgan fingerprint density at radius 2 is 1.96 bits per heavy atom. The molecule has 0 unspecified atom stereocenters. The lowest BCUT2D eigenvalue weighted by atomic mass is 10.1. The number of nitrogens with one attached hydrogen (secondary N) is 2. The van der Waals surface area contributed by atoms with Crippen molar-refractivity contribution in [1.29, 1.82) is 0 Å². The number of para-hydroxylation sites is 1. The van der Waals surface area contributed by atoms with E-state index in [-0.39, 0.29) is 5.91 Å². The van der Waals surface area contributed by atoms with Gasteiger partial charge in [-0.05, 0) is 50.3 Å². The number of amides is 1. The number of aromatic nitrogens is 2. The Morgan fingerprint density at radius 3 is 2.74 bits per heavy atom. The van der Waals surface area contributed by atoms with Gasteiger partial charge in [0.15, 0.2) is 0 Å². The normalized spacial score (nSPS) is 10.9. The summed E-state index contributed by atoms with van der Waals surface area (Å²) in [6, 6.07) is 10.3. The molecule has 0 saturated heterocycles. The fourth-order valence-corrected chi connectivity index (χ4v) is 3.37. The SMILES string of the molecule is CCOC(=O)c1[nH]c(C)c(C(=O)NCCCn2ccc3ccccc32)c1C. The highest BCUT2D eigenvalue weighted by molar-refractivity contribution is 6.01. The number of hydrogen-bond acceptors (Lipinski definition) is 3. The second kappa shape index (κ2) is 8.12. The smallest absolute Gasteiger partial charge is 0.355 e. The monoisotopic (exact) mass is 367 g/mol. The molecule has 2 aromatic heterocycles. The van der Waals surface area contributed by atoms with Gasteiger partial charge in [0.05, 0.1) is 12.2 Å². The zero-order valence-electron chi connectivity index (χ0n) is 16.0. The van der Waals surface area contributed by atoms with Crippen LogP contribution in [-0.4, -0.2) is 34.6 Å². The predicted molar refractivity (Wildman–Crippen MR) is 105 cm³/mol. The van der Waals surface area contributed by atoms with E-state index < -0.39 is 5.97 Å². The lowest BCUT2D eigenvalue weighted by molar-refractivity contribution is 0.0519. The van der Waals surface area contributed by atoms with Crippen LogP contribution in [0.1, 0.15) is 45.4 Å². The van der Waals surface area contributed by atoms with Crippen molar-refractivity contribution in [3.05, 3.63) is 59.0 Å². The van der Waals surface area contributed by atoms with Gasteiger partial charge < -0.3 is 19.6 Å². The molecule has 0 spiro atoms. The minimum Gasteiger partial charge on any atom is -0.461 e. The highest BCUT2D eigenvalue weighted by Crippen LogP contribution is 2.19. The molecule has 0 aliphatic rings. The van der Waals surface area contributed by atoms with Crippen LogP contribution in [-0.2, 0) is 11.3 Å². The zero-order chi connectivity index (χ0) is 19.4. The lowest BCUT2D eigenvalue weighted by Gasteiger charge is -2.08. The molecule has 3 aromatic rings. The molecule has 1 amide bonds. The van der Waals surface area contributed by atoms with Crippen molar-refractivity contribution in [2.24, 2.45) is 0 Å². The molecule has 0 atom stereocenters. The van der Waals surface area contributed by atoms with Gasteiger partial charge in [-0.15, -0.1) is 0 Å². The molecule has 3 rings (SSSR count). The highest BCUT2D eigenvalue weighted by Gasteiger charge is 2.22. The number of carbonyl (C=O) groups excluding carboxylic acids is 2. The molecule has 142 valence electrons. The number of fused-ring (bicyclic) bond motifs is 1. The lowest BCUT2D eigenvalue weighted by Crippen LogP contribution is -2.26. The summed E-state index contributed by atoms with van der Waals surface area (Å²) >= 11 is 0. The third kappa shape index (κ3) is 3.89. The van der Waals surface area contributed by atoms with Crippen LogP contribution in [0.4, 0.5) is 0 Å². The van der Waals surface area contributed by atoms with Crippen molar-refractivity contribution < 1.29 is 14.3 Å². The summed E-state index contributed by atoms with van der Waals surface area (Å²) < 4.78 is 7.21. The van der Waals surface area contributed by atoms with Crippen LogP contribution in [0.15, 0.2) is 36.5 Å². The number of hydrogen-bond donors (Lipinski definition) is 2. The fourth-order valence-electron chi connectivity index (χ4n) is 3.37. The molecule has 6 heteroatoms. The van der Waals surface area contributed by atoms with E-state index in [1.165, 1.54) is 10.9 Å². The Labute approximate surface area is 158 Å². The topological polar surface area (TPSA) is 76.1 Å². The Hall–Kier alpha value is -3.02. The minimum absolute atomic E-state index is 0.172. The van der Waals surface area contributed by atoms with E-state index in [0.29, 0.717) is 35.7 Å². The predicted octanol–water partition coefficient (Wildman–Crippen LogP) is 3.58. The molecule has 0 saturated carbocycles. The van der Waals surface area contributed by atoms with Crippen LogP contribution in [0.2, 0.25) is 0 Å². The Kier molecular flexibility index (Phi) is 5.64. The Bertz CT molecular complexity index is 968. The van der Waals surface area contributed by atoms with Gasteiger partial charge in [0.1, 0.15) is 5.69 Å². The third-order valence-corrected chi connectivity index (χ3v) is 4.69. The van der Waals surface area contributed by atoms with Gasteiger partial charge in [0, 0.05) is 30.5 Å². The maximum atomic E-state index is 12.6. The number of aryl methyl sites for hydroxylation is 2. The summed E-state index contributed by atoms with van der Waals surface area (Å²) in [5.74, 6) is -0.606. The Balaban J connectivity index is 1.59. The number of rotatable bonds is 7. The summed E-state index contributed by atoms with van der Waals surface area (Å²) in [6.45, 7) is 6.99. The van der Waals surface area contributed by atoms with E-state index in [1.807, 2.05) is 12.1 Å². The molecular weight excluding hydrogens is 342 g/mol. The van der Waals surface area contributed by atoms with Crippen molar-refractivity contribution >= 4 is 22.8 Å². The number of carbonyl (C=O) groups is 2. The molecule has 0 bridgehead atoms. The first kappa shape index (κ1) is 18.8. The van der Waals surface area contributed by atoms with Crippen LogP contribution >= 0.6 is 0 Å². The van der Waals surface area contributed by atoms with E-state index in [2.05, 4.69) is 39.3 Å². The average Bonchev–Trinajstić information content (AvgIpc) is 3.19. The second-order valence-corrected chi connectivity index (χ2v) is 6.52. The number of aromatic amines is 1. The number of esters is 1.